The van der Waals surface area contributed by atoms with Gasteiger partial charge >= 0.3 is 0 Å². The van der Waals surface area contributed by atoms with Crippen molar-refractivity contribution in [1.82, 2.24) is 14.6 Å². The number of hydrogen-bond acceptors (Lipinski definition) is 6. The lowest BCUT2D eigenvalue weighted by atomic mass is 10.1. The fourth-order valence-corrected chi connectivity index (χ4v) is 3.66. The number of carbonyl (C=O) groups excluding carboxylic acids is 1. The van der Waals surface area contributed by atoms with E-state index < -0.39 is 0 Å². The first-order valence-electron chi connectivity index (χ1n) is 8.78. The topological polar surface area (TPSA) is 77.8 Å². The highest BCUT2D eigenvalue weighted by Crippen LogP contribution is 2.26. The average Bonchev–Trinajstić information content (AvgIpc) is 3.32. The Balaban J connectivity index is 1.53. The van der Waals surface area contributed by atoms with E-state index in [0.29, 0.717) is 16.5 Å². The number of ether oxygens (including phenoxy) is 2. The second-order valence-electron chi connectivity index (χ2n) is 6.05. The Labute approximate surface area is 171 Å². The molecule has 0 spiro atoms. The van der Waals surface area contributed by atoms with Gasteiger partial charge in [0.1, 0.15) is 11.5 Å². The maximum Gasteiger partial charge on any atom is 0.250 e. The summed E-state index contributed by atoms with van der Waals surface area (Å²) in [6.45, 7) is 0. The summed E-state index contributed by atoms with van der Waals surface area (Å²) in [5.41, 5.74) is 2.69. The predicted molar refractivity (Wildman–Crippen MR) is 114 cm³/mol. The molecular weight excluding hydrogens is 388 g/mol. The predicted octanol–water partition coefficient (Wildman–Crippen LogP) is 4.13. The summed E-state index contributed by atoms with van der Waals surface area (Å²) in [5, 5.41) is 9.10. The summed E-state index contributed by atoms with van der Waals surface area (Å²) in [7, 11) is 3.16. The normalized spacial score (nSPS) is 11.1. The van der Waals surface area contributed by atoms with Gasteiger partial charge in [0.25, 0.3) is 11.9 Å². The minimum absolute atomic E-state index is 0.251. The number of anilines is 1. The number of nitrogens with one attached hydrogen (secondary N) is 1. The Hall–Kier alpha value is -3.65. The third-order valence-corrected chi connectivity index (χ3v) is 5.05. The van der Waals surface area contributed by atoms with Crippen LogP contribution in [0.15, 0.2) is 60.0 Å². The number of nitrogens with zero attached hydrogens (tertiary/aromatic N) is 3. The molecule has 0 saturated heterocycles. The summed E-state index contributed by atoms with van der Waals surface area (Å²) in [6.07, 6.45) is 3.06. The number of amides is 1. The van der Waals surface area contributed by atoms with Crippen LogP contribution >= 0.6 is 11.3 Å². The van der Waals surface area contributed by atoms with Crippen molar-refractivity contribution in [3.63, 3.8) is 0 Å². The highest BCUT2D eigenvalue weighted by Gasteiger charge is 2.12. The van der Waals surface area contributed by atoms with Crippen molar-refractivity contribution < 1.29 is 14.3 Å². The van der Waals surface area contributed by atoms with Gasteiger partial charge < -0.3 is 9.47 Å². The zero-order chi connectivity index (χ0) is 20.2. The molecule has 1 N–H and O–H groups in total. The van der Waals surface area contributed by atoms with Crippen LogP contribution in [0, 0.1) is 0 Å². The summed E-state index contributed by atoms with van der Waals surface area (Å²) in [4.78, 5) is 17.4. The molecule has 0 unspecified atom stereocenters. The van der Waals surface area contributed by atoms with Crippen LogP contribution in [0.2, 0.25) is 0 Å². The summed E-state index contributed by atoms with van der Waals surface area (Å²) in [6, 6.07) is 15.3. The van der Waals surface area contributed by atoms with Crippen LogP contribution in [-0.4, -0.2) is 34.7 Å². The molecule has 0 radical (unpaired) electrons. The Morgan fingerprint density at radius 3 is 2.72 bits per heavy atom. The van der Waals surface area contributed by atoms with Crippen LogP contribution in [0.5, 0.6) is 11.5 Å². The number of fused-ring (bicyclic) bond motifs is 1. The van der Waals surface area contributed by atoms with Gasteiger partial charge in [-0.15, -0.1) is 16.4 Å². The fourth-order valence-electron chi connectivity index (χ4n) is 2.83. The zero-order valence-electron chi connectivity index (χ0n) is 15.8. The maximum atomic E-state index is 12.3. The summed E-state index contributed by atoms with van der Waals surface area (Å²) in [5.74, 6) is 1.23. The molecule has 0 aliphatic heterocycles. The molecule has 0 atom stereocenters. The van der Waals surface area contributed by atoms with Crippen LogP contribution in [-0.2, 0) is 4.79 Å². The van der Waals surface area contributed by atoms with E-state index in [0.717, 1.165) is 16.8 Å². The van der Waals surface area contributed by atoms with Crippen molar-refractivity contribution in [2.75, 3.05) is 19.5 Å². The number of carbonyl (C=O) groups is 1. The van der Waals surface area contributed by atoms with Crippen LogP contribution in [0.1, 0.15) is 5.56 Å². The molecule has 1 amide bonds. The number of thiazole rings is 1. The molecule has 4 rings (SSSR count). The van der Waals surface area contributed by atoms with E-state index in [1.54, 1.807) is 43.0 Å². The van der Waals surface area contributed by atoms with Crippen molar-refractivity contribution in [1.29, 1.82) is 0 Å². The van der Waals surface area contributed by atoms with Gasteiger partial charge in [-0.3, -0.25) is 10.1 Å². The van der Waals surface area contributed by atoms with Crippen molar-refractivity contribution in [2.24, 2.45) is 0 Å². The van der Waals surface area contributed by atoms with E-state index in [1.165, 1.54) is 17.4 Å². The Morgan fingerprint density at radius 1 is 1.14 bits per heavy atom. The highest BCUT2D eigenvalue weighted by molar-refractivity contribution is 7.15. The molecule has 4 aromatic rings. The van der Waals surface area contributed by atoms with Crippen molar-refractivity contribution in [2.45, 2.75) is 0 Å². The third kappa shape index (κ3) is 3.97. The smallest absolute Gasteiger partial charge is 0.250 e. The molecular formula is C21H18N4O3S. The molecule has 29 heavy (non-hydrogen) atoms. The Kier molecular flexibility index (Phi) is 5.26. The van der Waals surface area contributed by atoms with E-state index in [4.69, 9.17) is 9.47 Å². The molecule has 2 aromatic heterocycles. The second kappa shape index (κ2) is 8.15. The van der Waals surface area contributed by atoms with Crippen molar-refractivity contribution in [3.05, 3.63) is 65.6 Å². The number of aromatic nitrogens is 3. The minimum Gasteiger partial charge on any atom is -0.497 e. The highest BCUT2D eigenvalue weighted by atomic mass is 32.1. The van der Waals surface area contributed by atoms with E-state index in [1.807, 2.05) is 35.7 Å². The standard InChI is InChI=1S/C21H18N4O3S/c1-27-16-9-10-18(28-2)15(12-16)8-11-19(26)22-20-23-21-25(24-20)17(13-29-21)14-6-4-3-5-7-14/h3-13H,1-2H3,(H,22,24,26)/b11-8+. The molecule has 2 aromatic carbocycles. The first kappa shape index (κ1) is 18.7. The largest absolute Gasteiger partial charge is 0.497 e. The van der Waals surface area contributed by atoms with Crippen LogP contribution in [0.4, 0.5) is 5.95 Å². The molecule has 146 valence electrons. The maximum absolute atomic E-state index is 12.3. The van der Waals surface area contributed by atoms with Crippen LogP contribution in [0.25, 0.3) is 22.3 Å². The van der Waals surface area contributed by atoms with Crippen molar-refractivity contribution >= 4 is 34.2 Å². The van der Waals surface area contributed by atoms with Crippen LogP contribution in [0.3, 0.4) is 0 Å². The first-order chi connectivity index (χ1) is 14.2. The van der Waals surface area contributed by atoms with E-state index in [9.17, 15) is 4.79 Å². The summed E-state index contributed by atoms with van der Waals surface area (Å²) < 4.78 is 12.3. The van der Waals surface area contributed by atoms with Gasteiger partial charge in [-0.2, -0.15) is 4.98 Å². The molecule has 0 bridgehead atoms. The quantitative estimate of drug-likeness (QED) is 0.487. The number of rotatable bonds is 6. The van der Waals surface area contributed by atoms with E-state index in [2.05, 4.69) is 15.4 Å². The van der Waals surface area contributed by atoms with Crippen LogP contribution < -0.4 is 14.8 Å². The van der Waals surface area contributed by atoms with Gasteiger partial charge in [0.15, 0.2) is 0 Å². The Morgan fingerprint density at radius 2 is 1.97 bits per heavy atom. The average molecular weight is 406 g/mol. The Bertz CT molecular complexity index is 1180. The SMILES string of the molecule is COc1ccc(OC)c(/C=C/C(=O)Nc2nc3scc(-c4ccccc4)n3n2)c1. The molecule has 0 aliphatic rings. The second-order valence-corrected chi connectivity index (χ2v) is 6.88. The molecule has 0 saturated carbocycles. The minimum atomic E-state index is -0.339. The van der Waals surface area contributed by atoms with Gasteiger partial charge in [-0.1, -0.05) is 30.3 Å². The van der Waals surface area contributed by atoms with Gasteiger partial charge in [-0.25, -0.2) is 4.52 Å². The monoisotopic (exact) mass is 406 g/mol. The first-order valence-corrected chi connectivity index (χ1v) is 9.66. The van der Waals surface area contributed by atoms with Gasteiger partial charge in [0.05, 0.1) is 19.9 Å². The summed E-state index contributed by atoms with van der Waals surface area (Å²) >= 11 is 1.47. The fraction of sp³-hybridized carbons (Fsp3) is 0.0952. The zero-order valence-corrected chi connectivity index (χ0v) is 16.6. The van der Waals surface area contributed by atoms with Crippen molar-refractivity contribution in [3.8, 4) is 22.8 Å². The third-order valence-electron chi connectivity index (χ3n) is 4.24. The van der Waals surface area contributed by atoms with E-state index >= 15 is 0 Å². The lowest BCUT2D eigenvalue weighted by Crippen LogP contribution is -2.09. The molecule has 8 heteroatoms. The van der Waals surface area contributed by atoms with Gasteiger partial charge in [0.2, 0.25) is 4.96 Å². The van der Waals surface area contributed by atoms with Gasteiger partial charge in [-0.05, 0) is 24.3 Å². The number of methoxy groups -OCH3 is 2. The molecule has 7 nitrogen and oxygen atoms in total. The van der Waals surface area contributed by atoms with Gasteiger partial charge in [0, 0.05) is 22.6 Å². The lowest BCUT2D eigenvalue weighted by molar-refractivity contribution is -0.111. The number of benzene rings is 2. The molecule has 0 fully saturated rings. The lowest BCUT2D eigenvalue weighted by Gasteiger charge is -2.07. The van der Waals surface area contributed by atoms with E-state index in [-0.39, 0.29) is 11.9 Å². The molecule has 0 aliphatic carbocycles. The molecule has 2 heterocycles. The number of hydrogen-bond donors (Lipinski definition) is 1.